The van der Waals surface area contributed by atoms with Crippen LogP contribution in [0.4, 0.5) is 4.79 Å². The average molecular weight is 471 g/mol. The fourth-order valence-electron chi connectivity index (χ4n) is 3.61. The molecule has 2 aromatic carbocycles. The molecule has 4 rings (SSSR count). The van der Waals surface area contributed by atoms with Gasteiger partial charge in [0.05, 0.1) is 24.8 Å². The average Bonchev–Trinajstić information content (AvgIpc) is 3.29. The summed E-state index contributed by atoms with van der Waals surface area (Å²) in [6, 6.07) is 14.6. The topological polar surface area (TPSA) is 80.5 Å². The van der Waals surface area contributed by atoms with Gasteiger partial charge in [0.15, 0.2) is 0 Å². The molecule has 0 bridgehead atoms. The van der Waals surface area contributed by atoms with Gasteiger partial charge in [0.25, 0.3) is 5.89 Å². The Kier molecular flexibility index (Phi) is 6.83. The molecule has 1 aliphatic heterocycles. The Labute approximate surface area is 195 Å². The molecule has 1 N–H and O–H groups in total. The highest BCUT2D eigenvalue weighted by atomic mass is 35.5. The third-order valence-corrected chi connectivity index (χ3v) is 6.32. The lowest BCUT2D eigenvalue weighted by molar-refractivity contribution is 0.158. The number of urea groups is 1. The molecule has 0 saturated heterocycles. The Morgan fingerprint density at radius 1 is 1.19 bits per heavy atom. The maximum absolute atomic E-state index is 12.9. The van der Waals surface area contributed by atoms with Crippen molar-refractivity contribution in [2.24, 2.45) is 0 Å². The first-order valence-corrected chi connectivity index (χ1v) is 11.6. The smallest absolute Gasteiger partial charge is 0.322 e. The van der Waals surface area contributed by atoms with E-state index in [1.165, 1.54) is 0 Å². The summed E-state index contributed by atoms with van der Waals surface area (Å²) in [6.07, 6.45) is 2.03. The number of ether oxygens (including phenoxy) is 1. The first-order chi connectivity index (χ1) is 15.5. The molecule has 7 nitrogen and oxygen atoms in total. The van der Waals surface area contributed by atoms with Gasteiger partial charge in [-0.1, -0.05) is 28.9 Å². The van der Waals surface area contributed by atoms with Crippen molar-refractivity contribution in [2.45, 2.75) is 17.9 Å². The summed E-state index contributed by atoms with van der Waals surface area (Å²) in [7, 11) is 1.60. The number of aromatic nitrogens is 2. The highest BCUT2D eigenvalue weighted by molar-refractivity contribution is 7.98. The number of carbonyl (C=O) groups is 1. The highest BCUT2D eigenvalue weighted by Gasteiger charge is 2.35. The van der Waals surface area contributed by atoms with E-state index in [4.69, 9.17) is 20.9 Å². The Bertz CT molecular complexity index is 1130. The molecular weight excluding hydrogens is 448 g/mol. The van der Waals surface area contributed by atoms with E-state index >= 15 is 0 Å². The lowest BCUT2D eigenvalue weighted by Crippen LogP contribution is -2.47. The molecule has 0 fully saturated rings. The van der Waals surface area contributed by atoms with Crippen molar-refractivity contribution in [2.75, 3.05) is 26.5 Å². The third kappa shape index (κ3) is 4.53. The van der Waals surface area contributed by atoms with Crippen LogP contribution in [0.3, 0.4) is 0 Å². The maximum atomic E-state index is 12.9. The first-order valence-electron chi connectivity index (χ1n) is 10.0. The van der Waals surface area contributed by atoms with Crippen LogP contribution in [0.2, 0.25) is 5.02 Å². The number of carbonyl (C=O) groups excluding carboxylic acids is 1. The summed E-state index contributed by atoms with van der Waals surface area (Å²) in [5.41, 5.74) is 3.20. The predicted molar refractivity (Wildman–Crippen MR) is 125 cm³/mol. The number of benzene rings is 2. The molecule has 1 aromatic heterocycles. The van der Waals surface area contributed by atoms with Gasteiger partial charge in [-0.05, 0) is 55.1 Å². The molecule has 1 aliphatic rings. The monoisotopic (exact) mass is 470 g/mol. The Morgan fingerprint density at radius 2 is 1.91 bits per heavy atom. The number of hydrogen-bond donors (Lipinski definition) is 1. The second-order valence-corrected chi connectivity index (χ2v) is 8.55. The van der Waals surface area contributed by atoms with E-state index < -0.39 is 6.04 Å². The SMILES string of the molecule is COCCN1C(=O)NC(c2ccc(Cl)cc2)C(c2nc(-c3ccc(SC)cc3)no2)=C1C. The van der Waals surface area contributed by atoms with E-state index in [-0.39, 0.29) is 6.03 Å². The number of amides is 2. The molecule has 2 amide bonds. The van der Waals surface area contributed by atoms with Crippen LogP contribution in [0.5, 0.6) is 0 Å². The molecular formula is C23H23ClN4O3S. The summed E-state index contributed by atoms with van der Waals surface area (Å²) < 4.78 is 10.9. The molecule has 0 spiro atoms. The van der Waals surface area contributed by atoms with Crippen LogP contribution < -0.4 is 5.32 Å². The standard InChI is InChI=1S/C23H23ClN4O3S/c1-14-19(22-26-21(27-31-22)16-6-10-18(32-3)11-7-16)20(15-4-8-17(24)9-5-15)25-23(29)28(14)12-13-30-2/h4-11,20H,12-13H2,1-3H3,(H,25,29). The molecule has 2 heterocycles. The predicted octanol–water partition coefficient (Wildman–Crippen LogP) is 5.26. The number of nitrogens with one attached hydrogen (secondary N) is 1. The molecule has 1 unspecified atom stereocenters. The Morgan fingerprint density at radius 3 is 2.56 bits per heavy atom. The fraction of sp³-hybridized carbons (Fsp3) is 0.261. The van der Waals surface area contributed by atoms with Gasteiger partial charge in [0.2, 0.25) is 5.82 Å². The molecule has 0 aliphatic carbocycles. The van der Waals surface area contributed by atoms with Gasteiger partial charge in [0.1, 0.15) is 0 Å². The van der Waals surface area contributed by atoms with Crippen molar-refractivity contribution < 1.29 is 14.1 Å². The summed E-state index contributed by atoms with van der Waals surface area (Å²) in [4.78, 5) is 20.3. The second-order valence-electron chi connectivity index (χ2n) is 7.23. The quantitative estimate of drug-likeness (QED) is 0.474. The lowest BCUT2D eigenvalue weighted by atomic mass is 9.94. The van der Waals surface area contributed by atoms with Crippen molar-refractivity contribution in [3.05, 3.63) is 70.7 Å². The van der Waals surface area contributed by atoms with Crippen LogP contribution >= 0.6 is 23.4 Å². The largest absolute Gasteiger partial charge is 0.383 e. The first kappa shape index (κ1) is 22.4. The lowest BCUT2D eigenvalue weighted by Gasteiger charge is -2.35. The van der Waals surface area contributed by atoms with E-state index in [9.17, 15) is 4.79 Å². The number of methoxy groups -OCH3 is 1. The Hall–Kier alpha value is -2.81. The number of nitrogens with zero attached hydrogens (tertiary/aromatic N) is 3. The van der Waals surface area contributed by atoms with Gasteiger partial charge in [-0.3, -0.25) is 4.90 Å². The van der Waals surface area contributed by atoms with Gasteiger partial charge in [-0.25, -0.2) is 4.79 Å². The number of hydrogen-bond acceptors (Lipinski definition) is 6. The second kappa shape index (κ2) is 9.77. The van der Waals surface area contributed by atoms with Crippen molar-refractivity contribution >= 4 is 35.0 Å². The zero-order valence-corrected chi connectivity index (χ0v) is 19.5. The fourth-order valence-corrected chi connectivity index (χ4v) is 4.14. The molecule has 0 radical (unpaired) electrons. The molecule has 166 valence electrons. The zero-order chi connectivity index (χ0) is 22.7. The van der Waals surface area contributed by atoms with Gasteiger partial charge in [-0.15, -0.1) is 11.8 Å². The van der Waals surface area contributed by atoms with Gasteiger partial charge in [-0.2, -0.15) is 4.98 Å². The van der Waals surface area contributed by atoms with Crippen molar-refractivity contribution in [3.8, 4) is 11.4 Å². The highest BCUT2D eigenvalue weighted by Crippen LogP contribution is 2.37. The van der Waals surface area contributed by atoms with Crippen LogP contribution in [-0.4, -0.2) is 47.6 Å². The van der Waals surface area contributed by atoms with Gasteiger partial charge < -0.3 is 14.6 Å². The molecule has 0 saturated carbocycles. The summed E-state index contributed by atoms with van der Waals surface area (Å²) in [5, 5.41) is 7.87. The summed E-state index contributed by atoms with van der Waals surface area (Å²) in [6.45, 7) is 2.69. The third-order valence-electron chi connectivity index (χ3n) is 5.32. The minimum Gasteiger partial charge on any atom is -0.383 e. The Balaban J connectivity index is 1.76. The summed E-state index contributed by atoms with van der Waals surface area (Å²) >= 11 is 7.74. The molecule has 1 atom stereocenters. The van der Waals surface area contributed by atoms with Gasteiger partial charge in [0, 0.05) is 28.3 Å². The number of rotatable bonds is 7. The zero-order valence-electron chi connectivity index (χ0n) is 18.0. The van der Waals surface area contributed by atoms with Crippen molar-refractivity contribution in [1.82, 2.24) is 20.4 Å². The van der Waals surface area contributed by atoms with E-state index in [0.717, 1.165) is 27.3 Å². The van der Waals surface area contributed by atoms with Crippen molar-refractivity contribution in [1.29, 1.82) is 0 Å². The minimum atomic E-state index is -0.453. The van der Waals surface area contributed by atoms with Crippen LogP contribution in [0.15, 0.2) is 63.6 Å². The van der Waals surface area contributed by atoms with Crippen LogP contribution in [0, 0.1) is 0 Å². The molecule has 3 aromatic rings. The van der Waals surface area contributed by atoms with E-state index in [0.29, 0.717) is 29.9 Å². The number of allylic oxidation sites excluding steroid dienone is 1. The molecule has 32 heavy (non-hydrogen) atoms. The van der Waals surface area contributed by atoms with Crippen LogP contribution in [0.1, 0.15) is 24.4 Å². The van der Waals surface area contributed by atoms with Crippen LogP contribution in [0.25, 0.3) is 17.0 Å². The minimum absolute atomic E-state index is 0.212. The normalized spacial score (nSPS) is 16.4. The number of halogens is 1. The van der Waals surface area contributed by atoms with Gasteiger partial charge >= 0.3 is 6.03 Å². The van der Waals surface area contributed by atoms with Crippen LogP contribution in [-0.2, 0) is 4.74 Å². The number of thioether (sulfide) groups is 1. The van der Waals surface area contributed by atoms with E-state index in [2.05, 4.69) is 15.5 Å². The maximum Gasteiger partial charge on any atom is 0.322 e. The van der Waals surface area contributed by atoms with E-state index in [1.807, 2.05) is 49.6 Å². The van der Waals surface area contributed by atoms with E-state index in [1.54, 1.807) is 35.9 Å². The van der Waals surface area contributed by atoms with Crippen molar-refractivity contribution in [3.63, 3.8) is 0 Å². The molecule has 9 heteroatoms. The summed E-state index contributed by atoms with van der Waals surface area (Å²) in [5.74, 6) is 0.844.